The second-order valence-electron chi connectivity index (χ2n) is 4.02. The number of carbonyl (C=O) groups is 1. The lowest BCUT2D eigenvalue weighted by Gasteiger charge is -2.22. The molecule has 0 heterocycles. The van der Waals surface area contributed by atoms with E-state index >= 15 is 0 Å². The highest BCUT2D eigenvalue weighted by Crippen LogP contribution is 2.23. The van der Waals surface area contributed by atoms with Crippen molar-refractivity contribution in [1.29, 1.82) is 0 Å². The second-order valence-corrected chi connectivity index (χ2v) is 5.03. The van der Waals surface area contributed by atoms with E-state index in [-0.39, 0.29) is 4.90 Å². The molecule has 118 valence electrons. The fourth-order valence-electron chi connectivity index (χ4n) is 1.45. The van der Waals surface area contributed by atoms with E-state index in [0.717, 1.165) is 12.1 Å². The van der Waals surface area contributed by atoms with E-state index in [9.17, 15) is 26.7 Å². The van der Waals surface area contributed by atoms with Crippen LogP contribution in [0, 0.1) is 11.6 Å². The molecule has 1 rings (SSSR count). The number of rotatable bonds is 6. The molecule has 1 aromatic carbocycles. The number of aliphatic hydroxyl groups is 1. The van der Waals surface area contributed by atoms with E-state index in [0.29, 0.717) is 22.7 Å². The van der Waals surface area contributed by atoms with E-state index in [2.05, 4.69) is 0 Å². The lowest BCUT2D eigenvalue weighted by atomic mass is 10.3. The van der Waals surface area contributed by atoms with Crippen LogP contribution in [0.15, 0.2) is 23.1 Å². The number of hydrogen-bond donors (Lipinski definition) is 1. The predicted octanol–water partition coefficient (Wildman–Crippen LogP) is 2.44. The quantitative estimate of drug-likeness (QED) is 0.644. The summed E-state index contributed by atoms with van der Waals surface area (Å²) in [4.78, 5) is 12.1. The zero-order chi connectivity index (χ0) is 16.0. The van der Waals surface area contributed by atoms with Gasteiger partial charge >= 0.3 is 6.18 Å². The van der Waals surface area contributed by atoms with Crippen LogP contribution < -0.4 is 0 Å². The van der Waals surface area contributed by atoms with Gasteiger partial charge in [0.1, 0.15) is 18.2 Å². The van der Waals surface area contributed by atoms with Gasteiger partial charge in [-0.05, 0) is 12.1 Å². The monoisotopic (exact) mass is 329 g/mol. The van der Waals surface area contributed by atoms with E-state index in [4.69, 9.17) is 5.11 Å². The maximum absolute atomic E-state index is 13.3. The van der Waals surface area contributed by atoms with Crippen molar-refractivity contribution in [2.75, 3.05) is 25.4 Å². The zero-order valence-electron chi connectivity index (χ0n) is 10.7. The van der Waals surface area contributed by atoms with Gasteiger partial charge in [-0.15, -0.1) is 11.8 Å². The van der Waals surface area contributed by atoms with Crippen LogP contribution in [0.3, 0.4) is 0 Å². The molecule has 1 amide bonds. The Hall–Kier alpha value is -1.35. The van der Waals surface area contributed by atoms with Gasteiger partial charge < -0.3 is 10.0 Å². The Morgan fingerprint density at radius 3 is 2.48 bits per heavy atom. The van der Waals surface area contributed by atoms with Gasteiger partial charge in [-0.1, -0.05) is 0 Å². The lowest BCUT2D eigenvalue weighted by molar-refractivity contribution is -0.160. The molecule has 0 aliphatic heterocycles. The topological polar surface area (TPSA) is 40.5 Å². The maximum Gasteiger partial charge on any atom is 0.406 e. The minimum absolute atomic E-state index is 0.0410. The third-order valence-corrected chi connectivity index (χ3v) is 3.37. The molecule has 0 atom stereocenters. The first kappa shape index (κ1) is 17.7. The van der Waals surface area contributed by atoms with Gasteiger partial charge in [-0.2, -0.15) is 13.2 Å². The van der Waals surface area contributed by atoms with Crippen molar-refractivity contribution >= 4 is 17.7 Å². The Balaban J connectivity index is 2.64. The normalized spacial score (nSPS) is 11.5. The predicted molar refractivity (Wildman–Crippen MR) is 66.8 cm³/mol. The summed E-state index contributed by atoms with van der Waals surface area (Å²) in [6, 6.07) is 2.70. The molecule has 1 N–H and O–H groups in total. The molecule has 9 heteroatoms. The highest BCUT2D eigenvalue weighted by molar-refractivity contribution is 8.00. The first-order chi connectivity index (χ1) is 9.73. The van der Waals surface area contributed by atoms with Crippen LogP contribution >= 0.6 is 11.8 Å². The number of alkyl halides is 3. The Morgan fingerprint density at radius 1 is 1.29 bits per heavy atom. The van der Waals surface area contributed by atoms with Crippen LogP contribution in [0.2, 0.25) is 0 Å². The molecule has 0 fully saturated rings. The summed E-state index contributed by atoms with van der Waals surface area (Å²) in [5.74, 6) is -3.02. The number of halogens is 5. The smallest absolute Gasteiger partial charge is 0.395 e. The Morgan fingerprint density at radius 2 is 1.95 bits per heavy atom. The molecule has 0 bridgehead atoms. The molecule has 0 unspecified atom stereocenters. The molecule has 0 aliphatic rings. The lowest BCUT2D eigenvalue weighted by Crippen LogP contribution is -2.41. The summed E-state index contributed by atoms with van der Waals surface area (Å²) >= 11 is 0.662. The molecule has 21 heavy (non-hydrogen) atoms. The van der Waals surface area contributed by atoms with Crippen molar-refractivity contribution in [1.82, 2.24) is 4.90 Å². The Bertz CT molecular complexity index is 495. The maximum atomic E-state index is 13.3. The largest absolute Gasteiger partial charge is 0.406 e. The standard InChI is InChI=1S/C12H12F5NO2S/c13-8-1-2-10(9(14)5-8)21-6-11(20)18(3-4-19)7-12(15,16)17/h1-2,5,19H,3-4,6-7H2. The summed E-state index contributed by atoms with van der Waals surface area (Å²) in [5, 5.41) is 8.67. The van der Waals surface area contributed by atoms with Gasteiger partial charge in [0.05, 0.1) is 12.4 Å². The van der Waals surface area contributed by atoms with Crippen LogP contribution in [0.25, 0.3) is 0 Å². The number of benzene rings is 1. The van der Waals surface area contributed by atoms with Crippen molar-refractivity contribution < 1.29 is 31.9 Å². The van der Waals surface area contributed by atoms with Crippen LogP contribution in [0.4, 0.5) is 22.0 Å². The van der Waals surface area contributed by atoms with Gasteiger partial charge in [0.25, 0.3) is 0 Å². The minimum Gasteiger partial charge on any atom is -0.395 e. The number of hydrogen-bond acceptors (Lipinski definition) is 3. The molecule has 0 aromatic heterocycles. The Kier molecular flexibility index (Phi) is 6.41. The van der Waals surface area contributed by atoms with Gasteiger partial charge in [0, 0.05) is 17.5 Å². The number of amides is 1. The average molecular weight is 329 g/mol. The van der Waals surface area contributed by atoms with Crippen molar-refractivity contribution in [2.45, 2.75) is 11.1 Å². The van der Waals surface area contributed by atoms with Gasteiger partial charge in [-0.3, -0.25) is 4.79 Å². The number of thioether (sulfide) groups is 1. The highest BCUT2D eigenvalue weighted by atomic mass is 32.2. The van der Waals surface area contributed by atoms with E-state index < -0.39 is 49.2 Å². The molecule has 0 saturated heterocycles. The van der Waals surface area contributed by atoms with Crippen LogP contribution in [-0.2, 0) is 4.79 Å². The molecule has 1 aromatic rings. The SMILES string of the molecule is O=C(CSc1ccc(F)cc1F)N(CCO)CC(F)(F)F. The highest BCUT2D eigenvalue weighted by Gasteiger charge is 2.32. The van der Waals surface area contributed by atoms with Crippen molar-refractivity contribution in [3.63, 3.8) is 0 Å². The first-order valence-corrected chi connectivity index (χ1v) is 6.74. The summed E-state index contributed by atoms with van der Waals surface area (Å²) in [7, 11) is 0. The van der Waals surface area contributed by atoms with Crippen molar-refractivity contribution in [2.24, 2.45) is 0 Å². The first-order valence-electron chi connectivity index (χ1n) is 5.76. The summed E-state index contributed by atoms with van der Waals surface area (Å²) < 4.78 is 62.8. The minimum atomic E-state index is -4.59. The number of carbonyl (C=O) groups excluding carboxylic acids is 1. The third kappa shape index (κ3) is 6.30. The van der Waals surface area contributed by atoms with Crippen LogP contribution in [0.1, 0.15) is 0 Å². The molecule has 0 spiro atoms. The molecular weight excluding hydrogens is 317 g/mol. The molecular formula is C12H12F5NO2S. The third-order valence-electron chi connectivity index (χ3n) is 2.34. The molecule has 3 nitrogen and oxygen atoms in total. The van der Waals surface area contributed by atoms with E-state index in [1.807, 2.05) is 0 Å². The number of aliphatic hydroxyl groups excluding tert-OH is 1. The number of nitrogens with zero attached hydrogens (tertiary/aromatic N) is 1. The average Bonchev–Trinajstić information content (AvgIpc) is 2.35. The van der Waals surface area contributed by atoms with E-state index in [1.54, 1.807) is 0 Å². The zero-order valence-corrected chi connectivity index (χ0v) is 11.5. The molecule has 0 saturated carbocycles. The fourth-order valence-corrected chi connectivity index (χ4v) is 2.27. The van der Waals surface area contributed by atoms with Gasteiger partial charge in [0.2, 0.25) is 5.91 Å². The Labute approximate surface area is 121 Å². The summed E-state index contributed by atoms with van der Waals surface area (Å²) in [6.45, 7) is -2.57. The molecule has 0 aliphatic carbocycles. The fraction of sp³-hybridized carbons (Fsp3) is 0.417. The van der Waals surface area contributed by atoms with Gasteiger partial charge in [0.15, 0.2) is 0 Å². The summed E-state index contributed by atoms with van der Waals surface area (Å²) in [6.07, 6.45) is -4.59. The van der Waals surface area contributed by atoms with Crippen molar-refractivity contribution in [3.8, 4) is 0 Å². The second kappa shape index (κ2) is 7.60. The van der Waals surface area contributed by atoms with Crippen molar-refractivity contribution in [3.05, 3.63) is 29.8 Å². The van der Waals surface area contributed by atoms with Gasteiger partial charge in [-0.25, -0.2) is 8.78 Å². The molecule has 0 radical (unpaired) electrons. The van der Waals surface area contributed by atoms with Crippen LogP contribution in [-0.4, -0.2) is 47.5 Å². The summed E-state index contributed by atoms with van der Waals surface area (Å²) in [5.41, 5.74) is 0. The van der Waals surface area contributed by atoms with Crippen LogP contribution in [0.5, 0.6) is 0 Å². The van der Waals surface area contributed by atoms with E-state index in [1.165, 1.54) is 0 Å².